The summed E-state index contributed by atoms with van der Waals surface area (Å²) in [6.45, 7) is 3.39. The molecule has 1 atom stereocenters. The summed E-state index contributed by atoms with van der Waals surface area (Å²) < 4.78 is 13.6. The predicted octanol–water partition coefficient (Wildman–Crippen LogP) is 6.32. The largest absolute Gasteiger partial charge is 0.487 e. The maximum absolute atomic E-state index is 12.5. The maximum Gasteiger partial charge on any atom is 0.409 e. The Labute approximate surface area is 260 Å². The lowest BCUT2D eigenvalue weighted by Crippen LogP contribution is -2.29. The molecule has 230 valence electrons. The van der Waals surface area contributed by atoms with E-state index in [1.807, 2.05) is 35.0 Å². The van der Waals surface area contributed by atoms with Gasteiger partial charge in [-0.2, -0.15) is 5.10 Å². The quantitative estimate of drug-likeness (QED) is 0.199. The molecule has 0 bridgehead atoms. The van der Waals surface area contributed by atoms with Gasteiger partial charge in [0, 0.05) is 35.6 Å². The number of hydrogen-bond acceptors (Lipinski definition) is 7. The van der Waals surface area contributed by atoms with E-state index in [4.69, 9.17) is 20.3 Å². The summed E-state index contributed by atoms with van der Waals surface area (Å²) in [5.74, 6) is 0.565. The molecule has 3 aromatic carbocycles. The van der Waals surface area contributed by atoms with Crippen LogP contribution in [0.25, 0.3) is 32.8 Å². The highest BCUT2D eigenvalue weighted by Gasteiger charge is 2.31. The Hall–Kier alpha value is -5.12. The fourth-order valence-corrected chi connectivity index (χ4v) is 6.44. The molecule has 0 unspecified atom stereocenters. The Morgan fingerprint density at radius 3 is 2.60 bits per heavy atom. The van der Waals surface area contributed by atoms with Gasteiger partial charge in [-0.3, -0.25) is 9.48 Å². The fourth-order valence-electron chi connectivity index (χ4n) is 6.44. The van der Waals surface area contributed by atoms with Crippen molar-refractivity contribution in [2.75, 3.05) is 25.4 Å². The van der Waals surface area contributed by atoms with E-state index in [0.717, 1.165) is 68.9 Å². The molecule has 2 fully saturated rings. The summed E-state index contributed by atoms with van der Waals surface area (Å²) in [5.41, 5.74) is 11.7. The number of nitrogen functional groups attached to an aromatic ring is 1. The van der Waals surface area contributed by atoms with Crippen LogP contribution >= 0.6 is 0 Å². The number of carboxylic acid groups (broad SMARTS) is 1. The van der Waals surface area contributed by atoms with Gasteiger partial charge in [0.15, 0.2) is 0 Å². The van der Waals surface area contributed by atoms with Crippen molar-refractivity contribution in [1.29, 1.82) is 0 Å². The average molecular weight is 606 g/mol. The van der Waals surface area contributed by atoms with Gasteiger partial charge in [-0.1, -0.05) is 30.3 Å². The van der Waals surface area contributed by atoms with Crippen molar-refractivity contribution in [3.8, 4) is 16.9 Å². The second-order valence-electron chi connectivity index (χ2n) is 11.8. The molecule has 1 saturated heterocycles. The summed E-state index contributed by atoms with van der Waals surface area (Å²) >= 11 is 0. The number of aliphatic carboxylic acids is 1. The molecule has 7 rings (SSSR count). The van der Waals surface area contributed by atoms with Crippen LogP contribution in [0, 0.1) is 0 Å². The maximum atomic E-state index is 12.5. The number of anilines is 1. The molecule has 0 radical (unpaired) electrons. The molecule has 0 spiro atoms. The smallest absolute Gasteiger partial charge is 0.409 e. The average Bonchev–Trinajstić information content (AvgIpc) is 3.65. The van der Waals surface area contributed by atoms with E-state index in [2.05, 4.69) is 35.3 Å². The van der Waals surface area contributed by atoms with Crippen LogP contribution in [0.3, 0.4) is 0 Å². The number of aromatic nitrogens is 3. The van der Waals surface area contributed by atoms with Gasteiger partial charge in [-0.25, -0.2) is 9.78 Å². The number of benzene rings is 3. The molecule has 10 heteroatoms. The van der Waals surface area contributed by atoms with E-state index >= 15 is 0 Å². The van der Waals surface area contributed by atoms with E-state index in [0.29, 0.717) is 37.2 Å². The van der Waals surface area contributed by atoms with Gasteiger partial charge in [0.1, 0.15) is 23.9 Å². The number of rotatable bonds is 9. The van der Waals surface area contributed by atoms with Crippen molar-refractivity contribution in [3.63, 3.8) is 0 Å². The first kappa shape index (κ1) is 28.6. The normalized spacial score (nSPS) is 16.4. The third-order valence-corrected chi connectivity index (χ3v) is 8.83. The van der Waals surface area contributed by atoms with Gasteiger partial charge in [0.25, 0.3) is 0 Å². The third kappa shape index (κ3) is 5.63. The molecule has 2 aliphatic rings. The van der Waals surface area contributed by atoms with Crippen LogP contribution in [-0.4, -0.2) is 56.5 Å². The van der Waals surface area contributed by atoms with Crippen LogP contribution in [-0.2, 0) is 22.6 Å². The third-order valence-electron chi connectivity index (χ3n) is 8.83. The summed E-state index contributed by atoms with van der Waals surface area (Å²) in [6.07, 6.45) is 4.18. The number of likely N-dealkylation sites (tertiary alicyclic amines) is 1. The van der Waals surface area contributed by atoms with Gasteiger partial charge >= 0.3 is 12.1 Å². The van der Waals surface area contributed by atoms with Gasteiger partial charge in [-0.05, 0) is 84.5 Å². The predicted molar refractivity (Wildman–Crippen MR) is 171 cm³/mol. The molecule has 10 nitrogen and oxygen atoms in total. The Bertz CT molecular complexity index is 1930. The van der Waals surface area contributed by atoms with E-state index < -0.39 is 5.97 Å². The molecule has 1 amide bonds. The van der Waals surface area contributed by atoms with Gasteiger partial charge in [0.05, 0.1) is 24.6 Å². The zero-order valence-corrected chi connectivity index (χ0v) is 25.1. The number of carbonyl (C=O) groups is 2. The van der Waals surface area contributed by atoms with Gasteiger partial charge < -0.3 is 25.2 Å². The SMILES string of the molecule is CCOC(=O)N1CC[C@H](n2nc(COc3cccc(C4CC4)c3CC(=O)O)c3cc(-c4ccc5ccnc(N)c5c4)ccc32)C1. The first-order valence-corrected chi connectivity index (χ1v) is 15.4. The highest BCUT2D eigenvalue weighted by Crippen LogP contribution is 2.44. The molecule has 45 heavy (non-hydrogen) atoms. The lowest BCUT2D eigenvalue weighted by atomic mass is 9.99. The lowest BCUT2D eigenvalue weighted by molar-refractivity contribution is -0.136. The van der Waals surface area contributed by atoms with Crippen molar-refractivity contribution >= 4 is 39.6 Å². The number of nitrogens with two attached hydrogens (primary N) is 1. The van der Waals surface area contributed by atoms with Crippen LogP contribution in [0.15, 0.2) is 66.9 Å². The van der Waals surface area contributed by atoms with Crippen LogP contribution < -0.4 is 10.5 Å². The highest BCUT2D eigenvalue weighted by molar-refractivity contribution is 5.95. The Morgan fingerprint density at radius 2 is 1.82 bits per heavy atom. The highest BCUT2D eigenvalue weighted by atomic mass is 16.6. The molecular formula is C35H35N5O5. The molecule has 5 aromatic rings. The number of carbonyl (C=O) groups excluding carboxylic acids is 1. The Kier molecular flexibility index (Phi) is 7.48. The lowest BCUT2D eigenvalue weighted by Gasteiger charge is -2.16. The van der Waals surface area contributed by atoms with Gasteiger partial charge in [-0.15, -0.1) is 0 Å². The Balaban J connectivity index is 1.27. The van der Waals surface area contributed by atoms with Gasteiger partial charge in [0.2, 0.25) is 0 Å². The summed E-state index contributed by atoms with van der Waals surface area (Å²) in [7, 11) is 0. The minimum atomic E-state index is -0.883. The zero-order valence-electron chi connectivity index (χ0n) is 25.1. The van der Waals surface area contributed by atoms with Crippen molar-refractivity contribution in [2.24, 2.45) is 0 Å². The van der Waals surface area contributed by atoms with Crippen LogP contribution in [0.2, 0.25) is 0 Å². The number of amides is 1. The first-order chi connectivity index (χ1) is 21.9. The van der Waals surface area contributed by atoms with Crippen LogP contribution in [0.5, 0.6) is 5.75 Å². The molecule has 1 aliphatic carbocycles. The van der Waals surface area contributed by atoms with Crippen molar-refractivity contribution in [2.45, 2.75) is 51.2 Å². The van der Waals surface area contributed by atoms with E-state index in [9.17, 15) is 14.7 Å². The molecule has 1 aliphatic heterocycles. The van der Waals surface area contributed by atoms with E-state index in [-0.39, 0.29) is 25.2 Å². The minimum absolute atomic E-state index is 0.0242. The Morgan fingerprint density at radius 1 is 1.02 bits per heavy atom. The van der Waals surface area contributed by atoms with E-state index in [1.54, 1.807) is 18.0 Å². The number of pyridine rings is 1. The minimum Gasteiger partial charge on any atom is -0.487 e. The second-order valence-corrected chi connectivity index (χ2v) is 11.8. The standard InChI is InChI=1S/C35H35N5O5/c1-2-44-35(43)39-15-13-25(19-39)40-31-11-10-24(23-9-8-22-12-14-37-34(36)27(22)16-23)17-29(31)30(38-40)20-45-32-5-3-4-26(21-6-7-21)28(32)18-33(41)42/h3-5,8-12,14,16-17,21,25H,2,6-7,13,15,18-20H2,1H3,(H2,36,37)(H,41,42)/t25-/m0/s1. The van der Waals surface area contributed by atoms with Crippen molar-refractivity contribution in [1.82, 2.24) is 19.7 Å². The fraction of sp³-hybridized carbons (Fsp3) is 0.314. The van der Waals surface area contributed by atoms with E-state index in [1.165, 1.54) is 0 Å². The topological polar surface area (TPSA) is 133 Å². The number of ether oxygens (including phenoxy) is 2. The summed E-state index contributed by atoms with van der Waals surface area (Å²) in [6, 6.07) is 20.1. The monoisotopic (exact) mass is 605 g/mol. The second kappa shape index (κ2) is 11.8. The first-order valence-electron chi connectivity index (χ1n) is 15.4. The number of carboxylic acids is 1. The molecule has 1 saturated carbocycles. The number of hydrogen-bond donors (Lipinski definition) is 2. The number of fused-ring (bicyclic) bond motifs is 2. The zero-order chi connectivity index (χ0) is 31.1. The summed E-state index contributed by atoms with van der Waals surface area (Å²) in [4.78, 5) is 30.2. The van der Waals surface area contributed by atoms with Crippen molar-refractivity contribution in [3.05, 3.63) is 83.7 Å². The molecular weight excluding hydrogens is 570 g/mol. The van der Waals surface area contributed by atoms with Crippen LogP contribution in [0.4, 0.5) is 10.6 Å². The van der Waals surface area contributed by atoms with Crippen molar-refractivity contribution < 1.29 is 24.2 Å². The number of nitrogens with zero attached hydrogens (tertiary/aromatic N) is 4. The summed E-state index contributed by atoms with van der Waals surface area (Å²) in [5, 5.41) is 17.6. The molecule has 3 N–H and O–H groups in total. The molecule has 2 aromatic heterocycles. The molecule has 3 heterocycles. The van der Waals surface area contributed by atoms with Crippen LogP contribution in [0.1, 0.15) is 55.0 Å².